The van der Waals surface area contributed by atoms with E-state index in [1.165, 1.54) is 11.8 Å². The fraction of sp³-hybridized carbons (Fsp3) is 0.240. The van der Waals surface area contributed by atoms with E-state index in [2.05, 4.69) is 39.2 Å². The predicted octanol–water partition coefficient (Wildman–Crippen LogP) is 3.49. The largest absolute Gasteiger partial charge is 0.340 e. The number of carbonyl (C=O) groups excluding carboxylic acids is 1. The van der Waals surface area contributed by atoms with Crippen molar-refractivity contribution in [3.8, 4) is 11.4 Å². The molecule has 2 heterocycles. The Balaban J connectivity index is 1.29. The minimum Gasteiger partial charge on any atom is -0.340 e. The van der Waals surface area contributed by atoms with Crippen molar-refractivity contribution in [3.05, 3.63) is 93.4 Å². The van der Waals surface area contributed by atoms with Crippen LogP contribution in [0.15, 0.2) is 71.7 Å². The second-order valence-corrected chi connectivity index (χ2v) is 8.20. The van der Waals surface area contributed by atoms with Crippen LogP contribution in [-0.4, -0.2) is 58.4 Å². The summed E-state index contributed by atoms with van der Waals surface area (Å²) in [5, 5.41) is 0.616. The SMILES string of the molecule is O=C(Cc1cnc(-c2ccc(Cl)cc2)[nH]c1=O)N1CCN(C/C=C/c2ccccc2)CC1. The summed E-state index contributed by atoms with van der Waals surface area (Å²) in [7, 11) is 0. The maximum atomic E-state index is 12.7. The number of carbonyl (C=O) groups is 1. The third kappa shape index (κ3) is 5.72. The third-order valence-electron chi connectivity index (χ3n) is 5.53. The quantitative estimate of drug-likeness (QED) is 0.626. The summed E-state index contributed by atoms with van der Waals surface area (Å²) < 4.78 is 0. The van der Waals surface area contributed by atoms with Crippen LogP contribution in [0.1, 0.15) is 11.1 Å². The molecule has 0 saturated carbocycles. The summed E-state index contributed by atoms with van der Waals surface area (Å²) >= 11 is 5.91. The minimum absolute atomic E-state index is 0.0454. The number of hydrogen-bond acceptors (Lipinski definition) is 4. The normalized spacial score (nSPS) is 14.7. The van der Waals surface area contributed by atoms with Crippen LogP contribution in [0.2, 0.25) is 5.02 Å². The smallest absolute Gasteiger partial charge is 0.254 e. The molecule has 0 bridgehead atoms. The second-order valence-electron chi connectivity index (χ2n) is 7.76. The molecule has 4 rings (SSSR count). The van der Waals surface area contributed by atoms with Gasteiger partial charge in [-0.05, 0) is 29.8 Å². The molecule has 1 amide bonds. The Morgan fingerprint density at radius 3 is 2.44 bits per heavy atom. The van der Waals surface area contributed by atoms with Crippen molar-refractivity contribution < 1.29 is 4.79 Å². The van der Waals surface area contributed by atoms with Gasteiger partial charge in [-0.2, -0.15) is 0 Å². The first-order valence-corrected chi connectivity index (χ1v) is 11.0. The monoisotopic (exact) mass is 448 g/mol. The Morgan fingerprint density at radius 1 is 1.03 bits per heavy atom. The van der Waals surface area contributed by atoms with Crippen LogP contribution in [0.4, 0.5) is 0 Å². The molecular weight excluding hydrogens is 424 g/mol. The molecule has 1 aliphatic rings. The highest BCUT2D eigenvalue weighted by atomic mass is 35.5. The number of hydrogen-bond donors (Lipinski definition) is 1. The lowest BCUT2D eigenvalue weighted by Crippen LogP contribution is -2.49. The van der Waals surface area contributed by atoms with Crippen molar-refractivity contribution in [2.24, 2.45) is 0 Å². The number of H-pyrrole nitrogens is 1. The molecule has 1 aliphatic heterocycles. The minimum atomic E-state index is -0.289. The molecule has 7 heteroatoms. The van der Waals surface area contributed by atoms with Crippen LogP contribution in [0, 0.1) is 0 Å². The Bertz CT molecular complexity index is 1130. The van der Waals surface area contributed by atoms with E-state index in [1.54, 1.807) is 24.3 Å². The predicted molar refractivity (Wildman–Crippen MR) is 128 cm³/mol. The molecule has 1 fully saturated rings. The van der Waals surface area contributed by atoms with Crippen LogP contribution < -0.4 is 5.56 Å². The first-order valence-electron chi connectivity index (χ1n) is 10.6. The van der Waals surface area contributed by atoms with Gasteiger partial charge < -0.3 is 9.88 Å². The molecule has 6 nitrogen and oxygen atoms in total. The Morgan fingerprint density at radius 2 is 1.75 bits per heavy atom. The van der Waals surface area contributed by atoms with Gasteiger partial charge in [-0.25, -0.2) is 4.98 Å². The van der Waals surface area contributed by atoms with Gasteiger partial charge in [0.1, 0.15) is 5.82 Å². The van der Waals surface area contributed by atoms with Crippen LogP contribution in [-0.2, 0) is 11.2 Å². The topological polar surface area (TPSA) is 69.3 Å². The molecule has 32 heavy (non-hydrogen) atoms. The van der Waals surface area contributed by atoms with E-state index in [4.69, 9.17) is 11.6 Å². The number of nitrogens with zero attached hydrogens (tertiary/aromatic N) is 3. The van der Waals surface area contributed by atoms with E-state index in [0.717, 1.165) is 25.2 Å². The maximum absolute atomic E-state index is 12.7. The fourth-order valence-corrected chi connectivity index (χ4v) is 3.78. The zero-order chi connectivity index (χ0) is 22.3. The van der Waals surface area contributed by atoms with Gasteiger partial charge in [0.05, 0.1) is 6.42 Å². The van der Waals surface area contributed by atoms with E-state index in [-0.39, 0.29) is 17.9 Å². The number of piperazine rings is 1. The summed E-state index contributed by atoms with van der Waals surface area (Å²) in [6.07, 6.45) is 5.81. The molecule has 2 aromatic carbocycles. The number of halogens is 1. The van der Waals surface area contributed by atoms with E-state index in [9.17, 15) is 9.59 Å². The molecular formula is C25H25ClN4O2. The highest BCUT2D eigenvalue weighted by Gasteiger charge is 2.21. The van der Waals surface area contributed by atoms with Gasteiger partial charge >= 0.3 is 0 Å². The van der Waals surface area contributed by atoms with Gasteiger partial charge in [-0.1, -0.05) is 54.1 Å². The van der Waals surface area contributed by atoms with Gasteiger partial charge in [0.25, 0.3) is 5.56 Å². The molecule has 164 valence electrons. The first-order chi connectivity index (χ1) is 15.6. The second kappa shape index (κ2) is 10.4. The lowest BCUT2D eigenvalue weighted by atomic mass is 10.1. The lowest BCUT2D eigenvalue weighted by molar-refractivity contribution is -0.132. The number of nitrogens with one attached hydrogen (secondary N) is 1. The molecule has 0 spiro atoms. The summed E-state index contributed by atoms with van der Waals surface area (Å²) in [4.78, 5) is 36.4. The van der Waals surface area contributed by atoms with E-state index in [0.29, 0.717) is 29.5 Å². The highest BCUT2D eigenvalue weighted by Crippen LogP contribution is 2.17. The van der Waals surface area contributed by atoms with E-state index in [1.807, 2.05) is 23.1 Å². The van der Waals surface area contributed by atoms with Gasteiger partial charge in [0.2, 0.25) is 5.91 Å². The van der Waals surface area contributed by atoms with Crippen LogP contribution in [0.25, 0.3) is 17.5 Å². The third-order valence-corrected chi connectivity index (χ3v) is 5.78. The number of amides is 1. The molecule has 0 radical (unpaired) electrons. The zero-order valence-electron chi connectivity index (χ0n) is 17.7. The van der Waals surface area contributed by atoms with Crippen LogP contribution in [0.3, 0.4) is 0 Å². The fourth-order valence-electron chi connectivity index (χ4n) is 3.66. The molecule has 1 saturated heterocycles. The average Bonchev–Trinajstić information content (AvgIpc) is 2.82. The number of rotatable bonds is 6. The highest BCUT2D eigenvalue weighted by molar-refractivity contribution is 6.30. The summed E-state index contributed by atoms with van der Waals surface area (Å²) in [5.41, 5.74) is 2.04. The number of aromatic nitrogens is 2. The van der Waals surface area contributed by atoms with Crippen molar-refractivity contribution in [1.29, 1.82) is 0 Å². The van der Waals surface area contributed by atoms with Gasteiger partial charge in [-0.3, -0.25) is 14.5 Å². The van der Waals surface area contributed by atoms with Gasteiger partial charge in [0, 0.05) is 55.1 Å². The van der Waals surface area contributed by atoms with Gasteiger partial charge in [-0.15, -0.1) is 0 Å². The van der Waals surface area contributed by atoms with Crippen molar-refractivity contribution in [2.75, 3.05) is 32.7 Å². The van der Waals surface area contributed by atoms with Crippen LogP contribution >= 0.6 is 11.6 Å². The Kier molecular flexibility index (Phi) is 7.14. The molecule has 1 aromatic heterocycles. The molecule has 0 atom stereocenters. The summed E-state index contributed by atoms with van der Waals surface area (Å²) in [6, 6.07) is 17.3. The zero-order valence-corrected chi connectivity index (χ0v) is 18.5. The molecule has 0 unspecified atom stereocenters. The first kappa shape index (κ1) is 22.0. The summed E-state index contributed by atoms with van der Waals surface area (Å²) in [6.45, 7) is 3.80. The average molecular weight is 449 g/mol. The van der Waals surface area contributed by atoms with Crippen molar-refractivity contribution in [1.82, 2.24) is 19.8 Å². The van der Waals surface area contributed by atoms with E-state index >= 15 is 0 Å². The maximum Gasteiger partial charge on any atom is 0.254 e. The van der Waals surface area contributed by atoms with Gasteiger partial charge in [0.15, 0.2) is 0 Å². The molecule has 3 aromatic rings. The van der Waals surface area contributed by atoms with Crippen molar-refractivity contribution in [2.45, 2.75) is 6.42 Å². The Labute approximate surface area is 192 Å². The lowest BCUT2D eigenvalue weighted by Gasteiger charge is -2.34. The Hall–Kier alpha value is -3.22. The number of aromatic amines is 1. The van der Waals surface area contributed by atoms with E-state index < -0.39 is 0 Å². The standard InChI is InChI=1S/C25H25ClN4O2/c26-22-10-8-20(9-11-22)24-27-18-21(25(32)28-24)17-23(31)30-15-13-29(14-16-30)12-4-7-19-5-2-1-3-6-19/h1-11,18H,12-17H2,(H,27,28,32)/b7-4+. The number of benzene rings is 2. The van der Waals surface area contributed by atoms with Crippen molar-refractivity contribution >= 4 is 23.6 Å². The van der Waals surface area contributed by atoms with Crippen molar-refractivity contribution in [3.63, 3.8) is 0 Å². The molecule has 0 aliphatic carbocycles. The summed E-state index contributed by atoms with van der Waals surface area (Å²) in [5.74, 6) is 0.413. The molecule has 1 N–H and O–H groups in total. The van der Waals surface area contributed by atoms with Crippen LogP contribution in [0.5, 0.6) is 0 Å².